The third-order valence-corrected chi connectivity index (χ3v) is 2.18. The highest BCUT2D eigenvalue weighted by Gasteiger charge is 2.12. The van der Waals surface area contributed by atoms with Crippen LogP contribution in [0.5, 0.6) is 5.75 Å². The molecule has 0 aliphatic heterocycles. The van der Waals surface area contributed by atoms with Gasteiger partial charge in [0.25, 0.3) is 0 Å². The summed E-state index contributed by atoms with van der Waals surface area (Å²) in [5.74, 6) is -0.849. The molecule has 0 aliphatic carbocycles. The lowest BCUT2D eigenvalue weighted by atomic mass is 9.96. The van der Waals surface area contributed by atoms with Gasteiger partial charge in [0, 0.05) is 5.56 Å². The molecule has 2 N–H and O–H groups in total. The average Bonchev–Trinajstić information content (AvgIpc) is 1.99. The quantitative estimate of drug-likeness (QED) is 0.798. The van der Waals surface area contributed by atoms with E-state index >= 15 is 0 Å². The summed E-state index contributed by atoms with van der Waals surface area (Å²) in [5.41, 5.74) is 2.76. The highest BCUT2D eigenvalue weighted by atomic mass is 16.4. The first-order chi connectivity index (χ1) is 6.91. The number of hydrogen-bond acceptors (Lipinski definition) is 2. The molecule has 3 nitrogen and oxygen atoms in total. The molecule has 1 rings (SSSR count). The molecule has 3 heteroatoms. The van der Waals surface area contributed by atoms with Crippen LogP contribution in [0.3, 0.4) is 0 Å². The van der Waals surface area contributed by atoms with E-state index in [0.717, 1.165) is 11.1 Å². The van der Waals surface area contributed by atoms with Crippen LogP contribution in [0.25, 0.3) is 5.57 Å². The van der Waals surface area contributed by atoms with Gasteiger partial charge in [0.2, 0.25) is 0 Å². The predicted octanol–water partition coefficient (Wildman–Crippen LogP) is 2.50. The molecule has 0 heterocycles. The molecule has 0 radical (unpaired) electrons. The molecule has 1 aromatic rings. The fourth-order valence-electron chi connectivity index (χ4n) is 1.68. The van der Waals surface area contributed by atoms with Crippen molar-refractivity contribution in [2.45, 2.75) is 20.3 Å². The largest absolute Gasteiger partial charge is 0.507 e. The maximum Gasteiger partial charge on any atom is 0.307 e. The predicted molar refractivity (Wildman–Crippen MR) is 58.9 cm³/mol. The van der Waals surface area contributed by atoms with Crippen molar-refractivity contribution in [3.63, 3.8) is 0 Å². The smallest absolute Gasteiger partial charge is 0.307 e. The Hall–Kier alpha value is -1.77. The Morgan fingerprint density at radius 2 is 2.00 bits per heavy atom. The first-order valence-electron chi connectivity index (χ1n) is 4.62. The van der Waals surface area contributed by atoms with E-state index in [-0.39, 0.29) is 12.2 Å². The molecule has 0 amide bonds. The van der Waals surface area contributed by atoms with Crippen LogP contribution in [-0.4, -0.2) is 16.2 Å². The molecule has 0 spiro atoms. The first-order valence-corrected chi connectivity index (χ1v) is 4.62. The van der Waals surface area contributed by atoms with Crippen LogP contribution in [0.1, 0.15) is 23.1 Å². The zero-order valence-corrected chi connectivity index (χ0v) is 8.87. The molecule has 0 bridgehead atoms. The van der Waals surface area contributed by atoms with Crippen molar-refractivity contribution < 1.29 is 15.0 Å². The van der Waals surface area contributed by atoms with Crippen LogP contribution < -0.4 is 0 Å². The van der Waals surface area contributed by atoms with Crippen molar-refractivity contribution in [2.24, 2.45) is 0 Å². The summed E-state index contributed by atoms with van der Waals surface area (Å²) >= 11 is 0. The van der Waals surface area contributed by atoms with Gasteiger partial charge < -0.3 is 10.2 Å². The Bertz CT molecular complexity index is 396. The summed E-state index contributed by atoms with van der Waals surface area (Å²) in [6.45, 7) is 7.38. The number of aryl methyl sites for hydroxylation is 2. The van der Waals surface area contributed by atoms with E-state index in [0.29, 0.717) is 11.1 Å². The number of hydrogen-bond donors (Lipinski definition) is 2. The summed E-state index contributed by atoms with van der Waals surface area (Å²) < 4.78 is 0. The number of phenolic OH excluding ortho intramolecular Hbond substituents is 1. The summed E-state index contributed by atoms with van der Waals surface area (Å²) in [7, 11) is 0. The third-order valence-electron chi connectivity index (χ3n) is 2.18. The SMILES string of the molecule is C=C(CC(=O)O)c1c(C)cc(C)cc1O. The maximum absolute atomic E-state index is 10.5. The lowest BCUT2D eigenvalue weighted by Crippen LogP contribution is -1.98. The summed E-state index contributed by atoms with van der Waals surface area (Å²) in [4.78, 5) is 10.5. The molecular formula is C12H14O3. The van der Waals surface area contributed by atoms with Crippen LogP contribution in [0.4, 0.5) is 0 Å². The highest BCUT2D eigenvalue weighted by molar-refractivity contribution is 5.85. The van der Waals surface area contributed by atoms with E-state index in [2.05, 4.69) is 6.58 Å². The van der Waals surface area contributed by atoms with Gasteiger partial charge in [-0.2, -0.15) is 0 Å². The lowest BCUT2D eigenvalue weighted by molar-refractivity contribution is -0.135. The molecule has 0 unspecified atom stereocenters. The van der Waals surface area contributed by atoms with Gasteiger partial charge in [0.15, 0.2) is 0 Å². The summed E-state index contributed by atoms with van der Waals surface area (Å²) in [5, 5.41) is 18.3. The van der Waals surface area contributed by atoms with E-state index in [4.69, 9.17) is 5.11 Å². The molecule has 0 fully saturated rings. The Morgan fingerprint density at radius 3 is 2.47 bits per heavy atom. The molecule has 0 saturated carbocycles. The summed E-state index contributed by atoms with van der Waals surface area (Å²) in [6.07, 6.45) is -0.155. The lowest BCUT2D eigenvalue weighted by Gasteiger charge is -2.10. The average molecular weight is 206 g/mol. The zero-order chi connectivity index (χ0) is 11.6. The van der Waals surface area contributed by atoms with Crippen molar-refractivity contribution in [2.75, 3.05) is 0 Å². The fraction of sp³-hybridized carbons (Fsp3) is 0.250. The zero-order valence-electron chi connectivity index (χ0n) is 8.87. The molecule has 1 aromatic carbocycles. The highest BCUT2D eigenvalue weighted by Crippen LogP contribution is 2.30. The third kappa shape index (κ3) is 2.59. The normalized spacial score (nSPS) is 10.0. The van der Waals surface area contributed by atoms with Crippen LogP contribution in [0.15, 0.2) is 18.7 Å². The van der Waals surface area contributed by atoms with E-state index in [1.165, 1.54) is 0 Å². The van der Waals surface area contributed by atoms with E-state index in [9.17, 15) is 9.90 Å². The first kappa shape index (κ1) is 11.3. The van der Waals surface area contributed by atoms with Crippen molar-refractivity contribution >= 4 is 11.5 Å². The number of rotatable bonds is 3. The van der Waals surface area contributed by atoms with Crippen molar-refractivity contribution in [1.29, 1.82) is 0 Å². The number of carbonyl (C=O) groups is 1. The Morgan fingerprint density at radius 1 is 1.40 bits per heavy atom. The molecule has 15 heavy (non-hydrogen) atoms. The minimum atomic E-state index is -0.945. The topological polar surface area (TPSA) is 57.5 Å². The minimum absolute atomic E-state index is 0.0961. The second-order valence-electron chi connectivity index (χ2n) is 3.65. The van der Waals surface area contributed by atoms with Gasteiger partial charge in [0.05, 0.1) is 6.42 Å². The van der Waals surface area contributed by atoms with Gasteiger partial charge in [-0.1, -0.05) is 12.6 Å². The molecule has 0 aromatic heterocycles. The summed E-state index contributed by atoms with van der Waals surface area (Å²) in [6, 6.07) is 3.50. The number of phenols is 1. The van der Waals surface area contributed by atoms with Gasteiger partial charge in [-0.25, -0.2) is 0 Å². The number of carboxylic acid groups (broad SMARTS) is 1. The van der Waals surface area contributed by atoms with Crippen molar-refractivity contribution in [3.05, 3.63) is 35.4 Å². The number of aliphatic carboxylic acids is 1. The van der Waals surface area contributed by atoms with Crippen LogP contribution in [0, 0.1) is 13.8 Å². The molecular weight excluding hydrogens is 192 g/mol. The number of benzene rings is 1. The molecule has 0 atom stereocenters. The second-order valence-corrected chi connectivity index (χ2v) is 3.65. The van der Waals surface area contributed by atoms with Crippen molar-refractivity contribution in [3.8, 4) is 5.75 Å². The van der Waals surface area contributed by atoms with E-state index < -0.39 is 5.97 Å². The van der Waals surface area contributed by atoms with E-state index in [1.807, 2.05) is 19.9 Å². The van der Waals surface area contributed by atoms with E-state index in [1.54, 1.807) is 6.07 Å². The molecule has 0 saturated heterocycles. The van der Waals surface area contributed by atoms with Gasteiger partial charge in [-0.15, -0.1) is 0 Å². The van der Waals surface area contributed by atoms with Gasteiger partial charge in [-0.3, -0.25) is 4.79 Å². The molecule has 80 valence electrons. The Balaban J connectivity index is 3.14. The van der Waals surface area contributed by atoms with Crippen LogP contribution >= 0.6 is 0 Å². The fourth-order valence-corrected chi connectivity index (χ4v) is 1.68. The second kappa shape index (κ2) is 4.17. The number of aromatic hydroxyl groups is 1. The van der Waals surface area contributed by atoms with Crippen LogP contribution in [0.2, 0.25) is 0 Å². The van der Waals surface area contributed by atoms with Crippen molar-refractivity contribution in [1.82, 2.24) is 0 Å². The van der Waals surface area contributed by atoms with Gasteiger partial charge in [-0.05, 0) is 36.6 Å². The van der Waals surface area contributed by atoms with Gasteiger partial charge in [0.1, 0.15) is 5.75 Å². The van der Waals surface area contributed by atoms with Gasteiger partial charge >= 0.3 is 5.97 Å². The standard InChI is InChI=1S/C12H14O3/c1-7-4-8(2)12(10(13)5-7)9(3)6-11(14)15/h4-5,13H,3,6H2,1-2H3,(H,14,15). The maximum atomic E-state index is 10.5. The van der Waals surface area contributed by atoms with Crippen LogP contribution in [-0.2, 0) is 4.79 Å². The minimum Gasteiger partial charge on any atom is -0.507 e. The Labute approximate surface area is 88.7 Å². The Kier molecular flexibility index (Phi) is 3.14. The molecule has 0 aliphatic rings. The monoisotopic (exact) mass is 206 g/mol. The number of carboxylic acids is 1.